The largest absolute Gasteiger partial charge is 0.444 e. The second-order valence-corrected chi connectivity index (χ2v) is 7.35. The van der Waals surface area contributed by atoms with Crippen LogP contribution < -0.4 is 5.32 Å². The maximum absolute atomic E-state index is 5.90. The molecule has 5 nitrogen and oxygen atoms in total. The highest BCUT2D eigenvalue weighted by Crippen LogP contribution is 2.24. The molecule has 0 amide bonds. The van der Waals surface area contributed by atoms with Crippen molar-refractivity contribution in [2.24, 2.45) is 5.92 Å². The van der Waals surface area contributed by atoms with Crippen LogP contribution in [0.25, 0.3) is 0 Å². The maximum atomic E-state index is 5.90. The molecule has 3 heterocycles. The number of nitrogens with zero attached hydrogens (tertiary/aromatic N) is 3. The van der Waals surface area contributed by atoms with Gasteiger partial charge in [0.05, 0.1) is 12.7 Å². The van der Waals surface area contributed by atoms with E-state index >= 15 is 0 Å². The fraction of sp³-hybridized carbons (Fsp3) is 0.556. The second kappa shape index (κ2) is 6.71. The van der Waals surface area contributed by atoms with Gasteiger partial charge in [-0.15, -0.1) is 0 Å². The van der Waals surface area contributed by atoms with Gasteiger partial charge in [0.15, 0.2) is 0 Å². The topological polar surface area (TPSA) is 54.2 Å². The van der Waals surface area contributed by atoms with Gasteiger partial charge in [0.2, 0.25) is 5.89 Å². The standard InChI is InChI=1S/C18H26N4O/c1-18(2,3)15-11-21-17(23-15)13-22-9-7-14(12-22)10-20-16-6-4-5-8-19-16/h4-6,8,11,14H,7,9-10,12-13H2,1-3H3,(H,19,20)/t14-/m0/s1. The molecule has 0 aromatic carbocycles. The molecule has 1 aliphatic heterocycles. The molecule has 1 fully saturated rings. The lowest BCUT2D eigenvalue weighted by Crippen LogP contribution is -2.23. The molecule has 124 valence electrons. The van der Waals surface area contributed by atoms with Gasteiger partial charge in [-0.3, -0.25) is 4.90 Å². The van der Waals surface area contributed by atoms with Gasteiger partial charge in [0.1, 0.15) is 11.6 Å². The van der Waals surface area contributed by atoms with E-state index in [1.54, 1.807) is 0 Å². The summed E-state index contributed by atoms with van der Waals surface area (Å²) < 4.78 is 5.90. The molecule has 23 heavy (non-hydrogen) atoms. The summed E-state index contributed by atoms with van der Waals surface area (Å²) >= 11 is 0. The van der Waals surface area contributed by atoms with Crippen molar-refractivity contribution in [3.8, 4) is 0 Å². The fourth-order valence-electron chi connectivity index (χ4n) is 2.86. The zero-order valence-electron chi connectivity index (χ0n) is 14.2. The lowest BCUT2D eigenvalue weighted by atomic mass is 9.94. The Morgan fingerprint density at radius 1 is 1.30 bits per heavy atom. The Labute approximate surface area is 138 Å². The summed E-state index contributed by atoms with van der Waals surface area (Å²) in [4.78, 5) is 11.2. The van der Waals surface area contributed by atoms with Crippen LogP contribution in [0.2, 0.25) is 0 Å². The van der Waals surface area contributed by atoms with E-state index in [0.29, 0.717) is 5.92 Å². The molecule has 0 radical (unpaired) electrons. The highest BCUT2D eigenvalue weighted by molar-refractivity contribution is 5.33. The van der Waals surface area contributed by atoms with Crippen LogP contribution in [0.3, 0.4) is 0 Å². The lowest BCUT2D eigenvalue weighted by Gasteiger charge is -2.15. The number of aromatic nitrogens is 2. The van der Waals surface area contributed by atoms with Crippen LogP contribution in [0.5, 0.6) is 0 Å². The SMILES string of the molecule is CC(C)(C)c1cnc(CN2CC[C@@H](CNc3ccccn3)C2)o1. The van der Waals surface area contributed by atoms with Crippen molar-refractivity contribution in [3.63, 3.8) is 0 Å². The Kier molecular flexibility index (Phi) is 4.66. The molecule has 2 aromatic heterocycles. The van der Waals surface area contributed by atoms with Crippen molar-refractivity contribution in [2.75, 3.05) is 25.0 Å². The average molecular weight is 314 g/mol. The minimum absolute atomic E-state index is 0.0192. The van der Waals surface area contributed by atoms with Gasteiger partial charge in [0.25, 0.3) is 0 Å². The monoisotopic (exact) mass is 314 g/mol. The van der Waals surface area contributed by atoms with E-state index < -0.39 is 0 Å². The van der Waals surface area contributed by atoms with Crippen molar-refractivity contribution >= 4 is 5.82 Å². The third kappa shape index (κ3) is 4.32. The average Bonchev–Trinajstić information content (AvgIpc) is 3.16. The van der Waals surface area contributed by atoms with Gasteiger partial charge in [-0.05, 0) is 31.0 Å². The molecule has 5 heteroatoms. The zero-order chi connectivity index (χ0) is 16.3. The van der Waals surface area contributed by atoms with Crippen LogP contribution in [0.1, 0.15) is 38.8 Å². The molecule has 1 atom stereocenters. The van der Waals surface area contributed by atoms with Gasteiger partial charge in [-0.25, -0.2) is 9.97 Å². The summed E-state index contributed by atoms with van der Waals surface area (Å²) in [5.74, 6) is 3.39. The minimum Gasteiger partial charge on any atom is -0.444 e. The number of hydrogen-bond acceptors (Lipinski definition) is 5. The van der Waals surface area contributed by atoms with Crippen molar-refractivity contribution in [1.82, 2.24) is 14.9 Å². The van der Waals surface area contributed by atoms with Crippen LogP contribution in [-0.2, 0) is 12.0 Å². The predicted octanol–water partition coefficient (Wildman–Crippen LogP) is 3.30. The van der Waals surface area contributed by atoms with Crippen LogP contribution >= 0.6 is 0 Å². The lowest BCUT2D eigenvalue weighted by molar-refractivity contribution is 0.270. The number of rotatable bonds is 5. The van der Waals surface area contributed by atoms with Gasteiger partial charge in [0, 0.05) is 24.7 Å². The van der Waals surface area contributed by atoms with Gasteiger partial charge < -0.3 is 9.73 Å². The van der Waals surface area contributed by atoms with E-state index in [9.17, 15) is 0 Å². The molecule has 0 saturated carbocycles. The molecule has 0 bridgehead atoms. The van der Waals surface area contributed by atoms with E-state index in [4.69, 9.17) is 4.42 Å². The first-order chi connectivity index (χ1) is 11.0. The second-order valence-electron chi connectivity index (χ2n) is 7.35. The van der Waals surface area contributed by atoms with Gasteiger partial charge >= 0.3 is 0 Å². The molecule has 1 saturated heterocycles. The molecule has 0 spiro atoms. The quantitative estimate of drug-likeness (QED) is 0.917. The van der Waals surface area contributed by atoms with Crippen molar-refractivity contribution in [3.05, 3.63) is 42.2 Å². The van der Waals surface area contributed by atoms with Crippen LogP contribution in [0.4, 0.5) is 5.82 Å². The first kappa shape index (κ1) is 16.0. The number of nitrogens with one attached hydrogen (secondary N) is 1. The summed E-state index contributed by atoms with van der Waals surface area (Å²) in [6.45, 7) is 10.4. The van der Waals surface area contributed by atoms with E-state index in [1.165, 1.54) is 6.42 Å². The molecular formula is C18H26N4O. The number of anilines is 1. The Balaban J connectivity index is 1.47. The Morgan fingerprint density at radius 2 is 2.17 bits per heavy atom. The molecular weight excluding hydrogens is 288 g/mol. The summed E-state index contributed by atoms with van der Waals surface area (Å²) in [5.41, 5.74) is 0.0192. The Bertz CT molecular complexity index is 617. The van der Waals surface area contributed by atoms with Crippen molar-refractivity contribution in [1.29, 1.82) is 0 Å². The highest BCUT2D eigenvalue weighted by atomic mass is 16.4. The van der Waals surface area contributed by atoms with Gasteiger partial charge in [-0.1, -0.05) is 26.8 Å². The molecule has 3 rings (SSSR count). The smallest absolute Gasteiger partial charge is 0.208 e. The van der Waals surface area contributed by atoms with Crippen LogP contribution in [-0.4, -0.2) is 34.5 Å². The molecule has 0 unspecified atom stereocenters. The number of hydrogen-bond donors (Lipinski definition) is 1. The number of pyridine rings is 1. The fourth-order valence-corrected chi connectivity index (χ4v) is 2.86. The van der Waals surface area contributed by atoms with E-state index in [-0.39, 0.29) is 5.41 Å². The maximum Gasteiger partial charge on any atom is 0.208 e. The predicted molar refractivity (Wildman–Crippen MR) is 91.3 cm³/mol. The van der Waals surface area contributed by atoms with Crippen molar-refractivity contribution in [2.45, 2.75) is 39.2 Å². The van der Waals surface area contributed by atoms with E-state index in [0.717, 1.165) is 43.6 Å². The van der Waals surface area contributed by atoms with E-state index in [2.05, 4.69) is 41.0 Å². The third-order valence-corrected chi connectivity index (χ3v) is 4.26. The number of oxazole rings is 1. The van der Waals surface area contributed by atoms with Gasteiger partial charge in [-0.2, -0.15) is 0 Å². The normalized spacial score (nSPS) is 19.2. The first-order valence-electron chi connectivity index (χ1n) is 8.33. The molecule has 0 aliphatic carbocycles. The Hall–Kier alpha value is -1.88. The molecule has 2 aromatic rings. The third-order valence-electron chi connectivity index (χ3n) is 4.26. The Morgan fingerprint density at radius 3 is 2.87 bits per heavy atom. The summed E-state index contributed by atoms with van der Waals surface area (Å²) in [6, 6.07) is 5.95. The number of likely N-dealkylation sites (tertiary alicyclic amines) is 1. The van der Waals surface area contributed by atoms with Crippen LogP contribution in [0.15, 0.2) is 35.0 Å². The highest BCUT2D eigenvalue weighted by Gasteiger charge is 2.25. The van der Waals surface area contributed by atoms with E-state index in [1.807, 2.05) is 30.6 Å². The van der Waals surface area contributed by atoms with Crippen molar-refractivity contribution < 1.29 is 4.42 Å². The summed E-state index contributed by atoms with van der Waals surface area (Å²) in [7, 11) is 0. The zero-order valence-corrected chi connectivity index (χ0v) is 14.2. The summed E-state index contributed by atoms with van der Waals surface area (Å²) in [6.07, 6.45) is 4.89. The molecule has 1 N–H and O–H groups in total. The minimum atomic E-state index is 0.0192. The molecule has 1 aliphatic rings. The van der Waals surface area contributed by atoms with Crippen LogP contribution in [0, 0.1) is 5.92 Å². The summed E-state index contributed by atoms with van der Waals surface area (Å²) in [5, 5.41) is 3.42. The first-order valence-corrected chi connectivity index (χ1v) is 8.33.